The van der Waals surface area contributed by atoms with Crippen LogP contribution < -0.4 is 0 Å². The van der Waals surface area contributed by atoms with Crippen molar-refractivity contribution in [1.82, 2.24) is 4.57 Å². The maximum absolute atomic E-state index is 13.6. The first-order chi connectivity index (χ1) is 8.00. The Morgan fingerprint density at radius 3 is 2.59 bits per heavy atom. The van der Waals surface area contributed by atoms with Crippen molar-refractivity contribution in [2.24, 2.45) is 0 Å². The van der Waals surface area contributed by atoms with Crippen LogP contribution in [0.15, 0.2) is 24.3 Å². The van der Waals surface area contributed by atoms with Gasteiger partial charge in [-0.25, -0.2) is 9.18 Å². The monoisotopic (exact) mass is 237 g/mol. The number of aliphatic carboxylic acids is 1. The Balaban J connectivity index is 2.77. The van der Waals surface area contributed by atoms with Gasteiger partial charge >= 0.3 is 11.9 Å². The molecule has 2 rings (SSSR count). The normalized spacial score (nSPS) is 10.6. The van der Waals surface area contributed by atoms with Gasteiger partial charge in [0, 0.05) is 5.39 Å². The lowest BCUT2D eigenvalue weighted by molar-refractivity contribution is -0.137. The molecule has 1 aromatic carbocycles. The zero-order valence-electron chi connectivity index (χ0n) is 8.55. The molecule has 17 heavy (non-hydrogen) atoms. The van der Waals surface area contributed by atoms with E-state index in [0.717, 1.165) is 10.6 Å². The summed E-state index contributed by atoms with van der Waals surface area (Å²) >= 11 is 0. The van der Waals surface area contributed by atoms with E-state index in [-0.39, 0.29) is 11.2 Å². The molecule has 5 nitrogen and oxygen atoms in total. The molecule has 0 saturated heterocycles. The molecule has 1 aromatic heterocycles. The van der Waals surface area contributed by atoms with Gasteiger partial charge in [0.2, 0.25) is 0 Å². The van der Waals surface area contributed by atoms with Crippen LogP contribution >= 0.6 is 0 Å². The van der Waals surface area contributed by atoms with Gasteiger partial charge in [0.1, 0.15) is 18.1 Å². The molecule has 0 bridgehead atoms. The first kappa shape index (κ1) is 11.1. The topological polar surface area (TPSA) is 79.5 Å². The molecule has 88 valence electrons. The molecule has 0 aliphatic rings. The number of hydrogen-bond donors (Lipinski definition) is 2. The Bertz CT molecular complexity index is 617. The van der Waals surface area contributed by atoms with Crippen LogP contribution in [0, 0.1) is 5.82 Å². The molecule has 2 aromatic rings. The fraction of sp³-hybridized carbons (Fsp3) is 0.0909. The molecular formula is C11H8FNO4. The van der Waals surface area contributed by atoms with Crippen LogP contribution in [-0.2, 0) is 11.3 Å². The molecule has 0 fully saturated rings. The molecule has 0 atom stereocenters. The van der Waals surface area contributed by atoms with Crippen molar-refractivity contribution >= 4 is 22.8 Å². The van der Waals surface area contributed by atoms with Crippen molar-refractivity contribution in [2.45, 2.75) is 6.54 Å². The lowest BCUT2D eigenvalue weighted by Gasteiger charge is -2.05. The third-order valence-electron chi connectivity index (χ3n) is 2.38. The Morgan fingerprint density at radius 2 is 2.00 bits per heavy atom. The molecule has 0 spiro atoms. The van der Waals surface area contributed by atoms with Gasteiger partial charge in [-0.05, 0) is 12.1 Å². The maximum Gasteiger partial charge on any atom is 0.352 e. The van der Waals surface area contributed by atoms with E-state index in [0.29, 0.717) is 5.39 Å². The Hall–Kier alpha value is -2.37. The van der Waals surface area contributed by atoms with E-state index in [1.807, 2.05) is 0 Å². The maximum atomic E-state index is 13.6. The summed E-state index contributed by atoms with van der Waals surface area (Å²) in [5, 5.41) is 18.0. The average Bonchev–Trinajstić information content (AvgIpc) is 2.57. The number of aromatic carboxylic acids is 1. The first-order valence-electron chi connectivity index (χ1n) is 4.73. The summed E-state index contributed by atoms with van der Waals surface area (Å²) in [4.78, 5) is 21.6. The van der Waals surface area contributed by atoms with E-state index in [1.54, 1.807) is 0 Å². The Kier molecular flexibility index (Phi) is 2.55. The van der Waals surface area contributed by atoms with Crippen LogP contribution in [0.4, 0.5) is 4.39 Å². The summed E-state index contributed by atoms with van der Waals surface area (Å²) in [6.07, 6.45) is 0. The van der Waals surface area contributed by atoms with E-state index in [4.69, 9.17) is 10.2 Å². The summed E-state index contributed by atoms with van der Waals surface area (Å²) in [5.74, 6) is -3.16. The van der Waals surface area contributed by atoms with Gasteiger partial charge in [0.15, 0.2) is 0 Å². The molecule has 0 amide bonds. The number of carboxylic acid groups (broad SMARTS) is 2. The number of fused-ring (bicyclic) bond motifs is 1. The van der Waals surface area contributed by atoms with Gasteiger partial charge in [0.25, 0.3) is 0 Å². The van der Waals surface area contributed by atoms with Crippen molar-refractivity contribution in [2.75, 3.05) is 0 Å². The third-order valence-corrected chi connectivity index (χ3v) is 2.38. The van der Waals surface area contributed by atoms with Crippen LogP contribution in [0.25, 0.3) is 10.9 Å². The Labute approximate surface area is 94.7 Å². The zero-order chi connectivity index (χ0) is 12.6. The van der Waals surface area contributed by atoms with Gasteiger partial charge in [-0.1, -0.05) is 12.1 Å². The highest BCUT2D eigenvalue weighted by molar-refractivity contribution is 5.95. The molecule has 0 radical (unpaired) electrons. The van der Waals surface area contributed by atoms with Gasteiger partial charge in [-0.2, -0.15) is 0 Å². The lowest BCUT2D eigenvalue weighted by Crippen LogP contribution is -2.14. The van der Waals surface area contributed by atoms with Crippen molar-refractivity contribution in [3.05, 3.63) is 35.8 Å². The summed E-state index contributed by atoms with van der Waals surface area (Å²) < 4.78 is 14.5. The second kappa shape index (κ2) is 3.89. The fourth-order valence-electron chi connectivity index (χ4n) is 1.76. The fourth-order valence-corrected chi connectivity index (χ4v) is 1.76. The molecule has 0 aliphatic heterocycles. The highest BCUT2D eigenvalue weighted by Crippen LogP contribution is 2.22. The number of carbonyl (C=O) groups is 2. The number of para-hydroxylation sites is 1. The van der Waals surface area contributed by atoms with Crippen LogP contribution in [0.5, 0.6) is 0 Å². The second-order valence-corrected chi connectivity index (χ2v) is 3.49. The minimum Gasteiger partial charge on any atom is -0.480 e. The SMILES string of the molecule is O=C(O)Cn1c(C(=O)O)cc2cccc(F)c21. The summed E-state index contributed by atoms with van der Waals surface area (Å²) in [6, 6.07) is 5.38. The minimum absolute atomic E-state index is 0.00713. The molecule has 2 N–H and O–H groups in total. The summed E-state index contributed by atoms with van der Waals surface area (Å²) in [6.45, 7) is -0.591. The zero-order valence-corrected chi connectivity index (χ0v) is 8.55. The van der Waals surface area contributed by atoms with Crippen LogP contribution in [0.2, 0.25) is 0 Å². The quantitative estimate of drug-likeness (QED) is 0.849. The number of rotatable bonds is 3. The smallest absolute Gasteiger partial charge is 0.352 e. The second-order valence-electron chi connectivity index (χ2n) is 3.49. The van der Waals surface area contributed by atoms with Crippen LogP contribution in [0.3, 0.4) is 0 Å². The molecule has 1 heterocycles. The van der Waals surface area contributed by atoms with Crippen LogP contribution in [-0.4, -0.2) is 26.7 Å². The number of halogens is 1. The lowest BCUT2D eigenvalue weighted by atomic mass is 10.2. The molecule has 0 saturated carbocycles. The average molecular weight is 237 g/mol. The van der Waals surface area contributed by atoms with Gasteiger partial charge in [-0.15, -0.1) is 0 Å². The van der Waals surface area contributed by atoms with E-state index < -0.39 is 24.3 Å². The van der Waals surface area contributed by atoms with E-state index in [9.17, 15) is 14.0 Å². The third kappa shape index (κ3) is 1.84. The number of hydrogen-bond acceptors (Lipinski definition) is 2. The van der Waals surface area contributed by atoms with Gasteiger partial charge in [-0.3, -0.25) is 4.79 Å². The van der Waals surface area contributed by atoms with Crippen molar-refractivity contribution in [3.63, 3.8) is 0 Å². The first-order valence-corrected chi connectivity index (χ1v) is 4.73. The molecule has 6 heteroatoms. The van der Waals surface area contributed by atoms with E-state index >= 15 is 0 Å². The van der Waals surface area contributed by atoms with E-state index in [2.05, 4.69) is 0 Å². The molecule has 0 unspecified atom stereocenters. The predicted octanol–water partition coefficient (Wildman–Crippen LogP) is 1.56. The number of benzene rings is 1. The number of nitrogens with zero attached hydrogens (tertiary/aromatic N) is 1. The summed E-state index contributed by atoms with van der Waals surface area (Å²) in [7, 11) is 0. The van der Waals surface area contributed by atoms with Crippen LogP contribution in [0.1, 0.15) is 10.5 Å². The van der Waals surface area contributed by atoms with Gasteiger partial charge in [0.05, 0.1) is 5.52 Å². The highest BCUT2D eigenvalue weighted by atomic mass is 19.1. The minimum atomic E-state index is -1.29. The van der Waals surface area contributed by atoms with Gasteiger partial charge < -0.3 is 14.8 Å². The summed E-state index contributed by atoms with van der Waals surface area (Å²) in [5.41, 5.74) is -0.250. The van der Waals surface area contributed by atoms with Crippen molar-refractivity contribution < 1.29 is 24.2 Å². The Morgan fingerprint density at radius 1 is 1.29 bits per heavy atom. The van der Waals surface area contributed by atoms with E-state index in [1.165, 1.54) is 18.2 Å². The largest absolute Gasteiger partial charge is 0.480 e. The predicted molar refractivity (Wildman–Crippen MR) is 56.5 cm³/mol. The standard InChI is InChI=1S/C11H8FNO4/c12-7-3-1-2-6-4-8(11(16)17)13(10(6)7)5-9(14)15/h1-4H,5H2,(H,14,15)(H,16,17). The van der Waals surface area contributed by atoms with Crippen molar-refractivity contribution in [1.29, 1.82) is 0 Å². The highest BCUT2D eigenvalue weighted by Gasteiger charge is 2.18. The molecular weight excluding hydrogens is 229 g/mol. The van der Waals surface area contributed by atoms with Crippen molar-refractivity contribution in [3.8, 4) is 0 Å². The molecule has 0 aliphatic carbocycles. The number of aromatic nitrogens is 1. The number of carboxylic acids is 2.